The van der Waals surface area contributed by atoms with E-state index in [0.29, 0.717) is 18.8 Å². The standard InChI is InChI=1S/C20H28N4O2S/c1-14-9-11-27-18(14)12-22-19(25)13-24-10-5-4-6-16(24)15-7-8-17(23(15)3)20(26)21-2/h7-9,11,16H,4-6,10,12-13H2,1-3H3,(H,21,26)(H,22,25). The summed E-state index contributed by atoms with van der Waals surface area (Å²) >= 11 is 1.68. The van der Waals surface area contributed by atoms with Crippen molar-refractivity contribution in [1.29, 1.82) is 0 Å². The molecule has 7 heteroatoms. The van der Waals surface area contributed by atoms with Gasteiger partial charge in [0, 0.05) is 24.7 Å². The molecule has 0 spiro atoms. The minimum absolute atomic E-state index is 0.0513. The fourth-order valence-electron chi connectivity index (χ4n) is 3.74. The topological polar surface area (TPSA) is 66.4 Å². The summed E-state index contributed by atoms with van der Waals surface area (Å²) in [4.78, 5) is 28.0. The number of nitrogens with one attached hydrogen (secondary N) is 2. The predicted octanol–water partition coefficient (Wildman–Crippen LogP) is 2.60. The number of hydrogen-bond donors (Lipinski definition) is 2. The molecule has 1 saturated heterocycles. The molecule has 2 N–H and O–H groups in total. The van der Waals surface area contributed by atoms with Gasteiger partial charge in [-0.05, 0) is 55.5 Å². The van der Waals surface area contributed by atoms with Crippen LogP contribution in [0.3, 0.4) is 0 Å². The fourth-order valence-corrected chi connectivity index (χ4v) is 4.58. The van der Waals surface area contributed by atoms with Crippen LogP contribution in [0.25, 0.3) is 0 Å². The lowest BCUT2D eigenvalue weighted by atomic mass is 9.99. The van der Waals surface area contributed by atoms with Gasteiger partial charge in [0.1, 0.15) is 5.69 Å². The SMILES string of the molecule is CNC(=O)c1ccc(C2CCCCN2CC(=O)NCc2sccc2C)n1C. The highest BCUT2D eigenvalue weighted by molar-refractivity contribution is 7.10. The molecule has 3 heterocycles. The van der Waals surface area contributed by atoms with E-state index in [1.807, 2.05) is 23.7 Å². The zero-order valence-corrected chi connectivity index (χ0v) is 17.1. The van der Waals surface area contributed by atoms with Gasteiger partial charge in [0.25, 0.3) is 5.91 Å². The van der Waals surface area contributed by atoms with Crippen LogP contribution in [0.2, 0.25) is 0 Å². The molecule has 1 unspecified atom stereocenters. The average molecular weight is 389 g/mol. The van der Waals surface area contributed by atoms with Gasteiger partial charge in [0.2, 0.25) is 5.91 Å². The summed E-state index contributed by atoms with van der Waals surface area (Å²) < 4.78 is 1.95. The molecule has 2 amide bonds. The Bertz CT molecular complexity index is 811. The first-order valence-electron chi connectivity index (χ1n) is 9.42. The third kappa shape index (κ3) is 4.42. The minimum atomic E-state index is -0.0878. The lowest BCUT2D eigenvalue weighted by Gasteiger charge is -2.35. The van der Waals surface area contributed by atoms with Crippen molar-refractivity contribution in [2.75, 3.05) is 20.1 Å². The van der Waals surface area contributed by atoms with Gasteiger partial charge in [-0.1, -0.05) is 6.42 Å². The van der Waals surface area contributed by atoms with Crippen LogP contribution in [0, 0.1) is 6.92 Å². The molecule has 0 radical (unpaired) electrons. The lowest BCUT2D eigenvalue weighted by molar-refractivity contribution is -0.123. The maximum absolute atomic E-state index is 12.5. The Balaban J connectivity index is 1.67. The second kappa shape index (κ2) is 8.71. The van der Waals surface area contributed by atoms with Crippen LogP contribution in [-0.2, 0) is 18.4 Å². The molecule has 1 aliphatic rings. The number of carbonyl (C=O) groups excluding carboxylic acids is 2. The summed E-state index contributed by atoms with van der Waals surface area (Å²) in [5.41, 5.74) is 2.97. The van der Waals surface area contributed by atoms with Crippen molar-refractivity contribution in [3.8, 4) is 0 Å². The van der Waals surface area contributed by atoms with Gasteiger partial charge < -0.3 is 15.2 Å². The molecule has 2 aromatic heterocycles. The highest BCUT2D eigenvalue weighted by atomic mass is 32.1. The Morgan fingerprint density at radius 3 is 2.78 bits per heavy atom. The van der Waals surface area contributed by atoms with Crippen LogP contribution in [0.5, 0.6) is 0 Å². The maximum atomic E-state index is 12.5. The van der Waals surface area contributed by atoms with E-state index in [2.05, 4.69) is 33.9 Å². The van der Waals surface area contributed by atoms with Crippen molar-refractivity contribution in [2.24, 2.45) is 7.05 Å². The lowest BCUT2D eigenvalue weighted by Crippen LogP contribution is -2.42. The van der Waals surface area contributed by atoms with Gasteiger partial charge in [-0.15, -0.1) is 11.3 Å². The second-order valence-electron chi connectivity index (χ2n) is 7.07. The van der Waals surface area contributed by atoms with E-state index in [1.54, 1.807) is 18.4 Å². The Morgan fingerprint density at radius 1 is 1.26 bits per heavy atom. The number of aromatic nitrogens is 1. The normalized spacial score (nSPS) is 17.7. The number of aryl methyl sites for hydroxylation is 1. The van der Waals surface area contributed by atoms with Crippen molar-refractivity contribution in [3.63, 3.8) is 0 Å². The fraction of sp³-hybridized carbons (Fsp3) is 0.500. The Labute approximate surface area is 164 Å². The maximum Gasteiger partial charge on any atom is 0.267 e. The van der Waals surface area contributed by atoms with Crippen molar-refractivity contribution < 1.29 is 9.59 Å². The van der Waals surface area contributed by atoms with Crippen LogP contribution in [0.1, 0.15) is 51.9 Å². The smallest absolute Gasteiger partial charge is 0.267 e. The highest BCUT2D eigenvalue weighted by Crippen LogP contribution is 2.31. The summed E-state index contributed by atoms with van der Waals surface area (Å²) in [6.45, 7) is 3.94. The molecule has 27 heavy (non-hydrogen) atoms. The monoisotopic (exact) mass is 388 g/mol. The number of carbonyl (C=O) groups is 2. The molecule has 1 atom stereocenters. The molecule has 2 aromatic rings. The second-order valence-corrected chi connectivity index (χ2v) is 8.07. The third-order valence-corrected chi connectivity index (χ3v) is 6.36. The van der Waals surface area contributed by atoms with Crippen molar-refractivity contribution in [2.45, 2.75) is 38.8 Å². The summed E-state index contributed by atoms with van der Waals surface area (Å²) in [5, 5.41) is 7.78. The summed E-state index contributed by atoms with van der Waals surface area (Å²) in [6.07, 6.45) is 3.24. The Morgan fingerprint density at radius 2 is 2.07 bits per heavy atom. The van der Waals surface area contributed by atoms with Crippen LogP contribution in [0.4, 0.5) is 0 Å². The molecule has 1 fully saturated rings. The van der Waals surface area contributed by atoms with Crippen molar-refractivity contribution >= 4 is 23.2 Å². The Kier molecular flexibility index (Phi) is 6.34. The third-order valence-electron chi connectivity index (χ3n) is 5.34. The molecular weight excluding hydrogens is 360 g/mol. The number of amides is 2. The number of nitrogens with zero attached hydrogens (tertiary/aromatic N) is 2. The molecule has 0 aromatic carbocycles. The summed E-state index contributed by atoms with van der Waals surface area (Å²) in [7, 11) is 3.56. The van der Waals surface area contributed by atoms with Crippen molar-refractivity contribution in [1.82, 2.24) is 20.1 Å². The number of likely N-dealkylation sites (tertiary alicyclic amines) is 1. The van der Waals surface area contributed by atoms with Crippen LogP contribution >= 0.6 is 11.3 Å². The average Bonchev–Trinajstić information content (AvgIpc) is 3.25. The molecule has 0 aliphatic carbocycles. The van der Waals surface area contributed by atoms with E-state index < -0.39 is 0 Å². The van der Waals surface area contributed by atoms with Crippen LogP contribution in [0.15, 0.2) is 23.6 Å². The largest absolute Gasteiger partial charge is 0.354 e. The summed E-state index contributed by atoms with van der Waals surface area (Å²) in [5.74, 6) is -0.0365. The Hall–Kier alpha value is -2.12. The molecule has 3 rings (SSSR count). The van der Waals surface area contributed by atoms with E-state index in [4.69, 9.17) is 0 Å². The molecule has 0 bridgehead atoms. The van der Waals surface area contributed by atoms with E-state index in [-0.39, 0.29) is 17.9 Å². The van der Waals surface area contributed by atoms with Gasteiger partial charge in [-0.25, -0.2) is 0 Å². The molecule has 146 valence electrons. The first-order valence-corrected chi connectivity index (χ1v) is 10.3. The number of piperidine rings is 1. The van der Waals surface area contributed by atoms with E-state index in [9.17, 15) is 9.59 Å². The van der Waals surface area contributed by atoms with Crippen molar-refractivity contribution in [3.05, 3.63) is 45.4 Å². The zero-order chi connectivity index (χ0) is 19.4. The molecule has 0 saturated carbocycles. The zero-order valence-electron chi connectivity index (χ0n) is 16.2. The highest BCUT2D eigenvalue weighted by Gasteiger charge is 2.28. The van der Waals surface area contributed by atoms with E-state index in [1.165, 1.54) is 10.4 Å². The first-order chi connectivity index (χ1) is 13.0. The molecular formula is C20H28N4O2S. The number of hydrogen-bond acceptors (Lipinski definition) is 4. The van der Waals surface area contributed by atoms with Gasteiger partial charge in [-0.3, -0.25) is 14.5 Å². The minimum Gasteiger partial charge on any atom is -0.354 e. The van der Waals surface area contributed by atoms with Gasteiger partial charge in [0.05, 0.1) is 19.1 Å². The van der Waals surface area contributed by atoms with Gasteiger partial charge >= 0.3 is 0 Å². The molecule has 1 aliphatic heterocycles. The van der Waals surface area contributed by atoms with E-state index >= 15 is 0 Å². The number of thiophene rings is 1. The van der Waals surface area contributed by atoms with Crippen LogP contribution in [-0.4, -0.2) is 41.4 Å². The van der Waals surface area contributed by atoms with E-state index in [0.717, 1.165) is 31.5 Å². The quantitative estimate of drug-likeness (QED) is 0.799. The first kappa shape index (κ1) is 19.6. The van der Waals surface area contributed by atoms with Crippen LogP contribution < -0.4 is 10.6 Å². The van der Waals surface area contributed by atoms with Gasteiger partial charge in [-0.2, -0.15) is 0 Å². The van der Waals surface area contributed by atoms with Gasteiger partial charge in [0.15, 0.2) is 0 Å². The number of rotatable bonds is 6. The predicted molar refractivity (Wildman–Crippen MR) is 108 cm³/mol. The summed E-state index contributed by atoms with van der Waals surface area (Å²) in [6, 6.07) is 6.12. The molecule has 6 nitrogen and oxygen atoms in total.